The van der Waals surface area contributed by atoms with Crippen molar-refractivity contribution in [1.29, 1.82) is 0 Å². The van der Waals surface area contributed by atoms with Gasteiger partial charge in [-0.15, -0.1) is 11.3 Å². The molecule has 5 rings (SSSR count). The molecule has 0 spiro atoms. The lowest BCUT2D eigenvalue weighted by atomic mass is 10.1. The molecule has 0 aliphatic carbocycles. The van der Waals surface area contributed by atoms with E-state index in [0.717, 1.165) is 41.2 Å². The maximum absolute atomic E-state index is 13.8. The van der Waals surface area contributed by atoms with Gasteiger partial charge in [0.2, 0.25) is 5.91 Å². The molecule has 0 unspecified atom stereocenters. The Balaban J connectivity index is 1.44. The first-order valence-corrected chi connectivity index (χ1v) is 11.5. The molecule has 1 aliphatic rings. The number of amides is 1. The van der Waals surface area contributed by atoms with Crippen molar-refractivity contribution >= 4 is 17.2 Å². The Morgan fingerprint density at radius 1 is 1.09 bits per heavy atom. The van der Waals surface area contributed by atoms with E-state index in [4.69, 9.17) is 4.98 Å². The number of halogens is 1. The molecule has 0 saturated heterocycles. The van der Waals surface area contributed by atoms with E-state index in [-0.39, 0.29) is 18.3 Å². The van der Waals surface area contributed by atoms with Gasteiger partial charge in [0, 0.05) is 48.1 Å². The van der Waals surface area contributed by atoms with E-state index in [0.29, 0.717) is 18.7 Å². The van der Waals surface area contributed by atoms with E-state index in [9.17, 15) is 9.18 Å². The number of rotatable bonds is 4. The van der Waals surface area contributed by atoms with E-state index in [1.165, 1.54) is 10.9 Å². The maximum Gasteiger partial charge on any atom is 0.242 e. The highest BCUT2D eigenvalue weighted by Gasteiger charge is 2.22. The van der Waals surface area contributed by atoms with Gasteiger partial charge in [0.25, 0.3) is 0 Å². The van der Waals surface area contributed by atoms with Gasteiger partial charge < -0.3 is 9.47 Å². The zero-order chi connectivity index (χ0) is 22.1. The van der Waals surface area contributed by atoms with Crippen LogP contribution in [0.4, 0.5) is 4.39 Å². The summed E-state index contributed by atoms with van der Waals surface area (Å²) in [5.41, 5.74) is 6.07. The quantitative estimate of drug-likeness (QED) is 0.455. The van der Waals surface area contributed by atoms with Crippen molar-refractivity contribution in [2.24, 2.45) is 0 Å². The van der Waals surface area contributed by atoms with Gasteiger partial charge in [0.1, 0.15) is 18.2 Å². The van der Waals surface area contributed by atoms with Gasteiger partial charge in [0.05, 0.1) is 16.9 Å². The van der Waals surface area contributed by atoms with E-state index in [2.05, 4.69) is 4.98 Å². The van der Waals surface area contributed by atoms with Gasteiger partial charge in [-0.3, -0.25) is 4.79 Å². The highest BCUT2D eigenvalue weighted by Crippen LogP contribution is 2.27. The zero-order valence-electron chi connectivity index (χ0n) is 17.8. The molecule has 2 aromatic carbocycles. The van der Waals surface area contributed by atoms with Gasteiger partial charge in [-0.05, 0) is 30.7 Å². The molecular weight excluding hydrogens is 423 g/mol. The molecule has 162 valence electrons. The third-order valence-electron chi connectivity index (χ3n) is 5.87. The molecule has 1 aliphatic heterocycles. The van der Waals surface area contributed by atoms with Crippen molar-refractivity contribution < 1.29 is 9.18 Å². The van der Waals surface area contributed by atoms with Crippen LogP contribution in [0.3, 0.4) is 0 Å². The van der Waals surface area contributed by atoms with Crippen molar-refractivity contribution in [2.45, 2.75) is 26.3 Å². The van der Waals surface area contributed by atoms with Crippen LogP contribution >= 0.6 is 11.3 Å². The van der Waals surface area contributed by atoms with Crippen LogP contribution in [0.15, 0.2) is 60.2 Å². The largest absolute Gasteiger partial charge is 0.340 e. The van der Waals surface area contributed by atoms with Crippen molar-refractivity contribution in [3.63, 3.8) is 0 Å². The van der Waals surface area contributed by atoms with Gasteiger partial charge in [-0.2, -0.15) is 0 Å². The van der Waals surface area contributed by atoms with Crippen LogP contribution in [0.25, 0.3) is 22.6 Å². The van der Waals surface area contributed by atoms with Gasteiger partial charge in [-0.25, -0.2) is 14.4 Å². The number of thiazole rings is 1. The van der Waals surface area contributed by atoms with Crippen molar-refractivity contribution in [2.75, 3.05) is 13.1 Å². The molecule has 0 N–H and O–H groups in total. The fraction of sp³-hybridized carbons (Fsp3) is 0.240. The highest BCUT2D eigenvalue weighted by atomic mass is 32.1. The normalized spacial score (nSPS) is 13.6. The monoisotopic (exact) mass is 446 g/mol. The standard InChI is InChI=1S/C25H23FN4OS/c1-17-13-19(7-8-20(17)26)22-14-30(25(28-22)18-5-3-2-4-6-18)15-24(31)29-11-9-21-23(10-12-29)32-16-27-21/h2-8,13-14,16H,9-12,15H2,1H3. The number of imidazole rings is 1. The molecule has 0 fully saturated rings. The predicted molar refractivity (Wildman–Crippen MR) is 124 cm³/mol. The van der Waals surface area contributed by atoms with Crippen molar-refractivity contribution in [1.82, 2.24) is 19.4 Å². The van der Waals surface area contributed by atoms with E-state index < -0.39 is 0 Å². The molecule has 0 saturated carbocycles. The topological polar surface area (TPSA) is 51.0 Å². The summed E-state index contributed by atoms with van der Waals surface area (Å²) in [7, 11) is 0. The van der Waals surface area contributed by atoms with Gasteiger partial charge in [-0.1, -0.05) is 30.3 Å². The van der Waals surface area contributed by atoms with Crippen LogP contribution in [0, 0.1) is 12.7 Å². The molecule has 0 atom stereocenters. The summed E-state index contributed by atoms with van der Waals surface area (Å²) in [6.07, 6.45) is 3.53. The second-order valence-corrected chi connectivity index (χ2v) is 8.95. The molecule has 3 heterocycles. The SMILES string of the molecule is Cc1cc(-c2cn(CC(=O)N3CCc4ncsc4CC3)c(-c3ccccc3)n2)ccc1F. The van der Waals surface area contributed by atoms with E-state index in [1.807, 2.05) is 51.5 Å². The summed E-state index contributed by atoms with van der Waals surface area (Å²) >= 11 is 1.67. The third kappa shape index (κ3) is 4.08. The number of nitrogens with zero attached hydrogens (tertiary/aromatic N) is 4. The van der Waals surface area contributed by atoms with Crippen molar-refractivity contribution in [3.8, 4) is 22.6 Å². The highest BCUT2D eigenvalue weighted by molar-refractivity contribution is 7.09. The predicted octanol–water partition coefficient (Wildman–Crippen LogP) is 4.75. The van der Waals surface area contributed by atoms with Crippen LogP contribution in [0.1, 0.15) is 16.1 Å². The molecule has 1 amide bonds. The number of carbonyl (C=O) groups excluding carboxylic acids is 1. The Hall–Kier alpha value is -3.32. The Labute approximate surface area is 190 Å². The molecule has 0 radical (unpaired) electrons. The lowest BCUT2D eigenvalue weighted by Gasteiger charge is -2.21. The molecule has 5 nitrogen and oxygen atoms in total. The summed E-state index contributed by atoms with van der Waals surface area (Å²) in [6.45, 7) is 3.32. The molecule has 0 bridgehead atoms. The molecule has 32 heavy (non-hydrogen) atoms. The smallest absolute Gasteiger partial charge is 0.242 e. The fourth-order valence-electron chi connectivity index (χ4n) is 4.08. The van der Waals surface area contributed by atoms with Crippen LogP contribution in [0.5, 0.6) is 0 Å². The molecular formula is C25H23FN4OS. The summed E-state index contributed by atoms with van der Waals surface area (Å²) in [6, 6.07) is 14.8. The minimum atomic E-state index is -0.240. The number of aromatic nitrogens is 3. The Morgan fingerprint density at radius 3 is 2.72 bits per heavy atom. The number of hydrogen-bond donors (Lipinski definition) is 0. The summed E-state index contributed by atoms with van der Waals surface area (Å²) < 4.78 is 15.7. The lowest BCUT2D eigenvalue weighted by Crippen LogP contribution is -2.35. The molecule has 4 aromatic rings. The summed E-state index contributed by atoms with van der Waals surface area (Å²) in [5, 5.41) is 0. The minimum absolute atomic E-state index is 0.0663. The van der Waals surface area contributed by atoms with Crippen molar-refractivity contribution in [3.05, 3.63) is 82.2 Å². The third-order valence-corrected chi connectivity index (χ3v) is 6.81. The number of aryl methyl sites for hydroxylation is 1. The number of hydrogen-bond acceptors (Lipinski definition) is 4. The van der Waals surface area contributed by atoms with Gasteiger partial charge in [0.15, 0.2) is 0 Å². The number of benzene rings is 2. The minimum Gasteiger partial charge on any atom is -0.340 e. The first-order valence-electron chi connectivity index (χ1n) is 10.7. The first kappa shape index (κ1) is 20.6. The Morgan fingerprint density at radius 2 is 1.91 bits per heavy atom. The van der Waals surface area contributed by atoms with Crippen LogP contribution in [-0.4, -0.2) is 38.4 Å². The Bertz CT molecular complexity index is 1240. The summed E-state index contributed by atoms with van der Waals surface area (Å²) in [4.78, 5) is 25.7. The van der Waals surface area contributed by atoms with E-state index >= 15 is 0 Å². The van der Waals surface area contributed by atoms with Crippen LogP contribution < -0.4 is 0 Å². The maximum atomic E-state index is 13.8. The molecule has 2 aromatic heterocycles. The van der Waals surface area contributed by atoms with E-state index in [1.54, 1.807) is 30.4 Å². The average molecular weight is 447 g/mol. The van der Waals surface area contributed by atoms with Crippen LogP contribution in [0.2, 0.25) is 0 Å². The van der Waals surface area contributed by atoms with Crippen LogP contribution in [-0.2, 0) is 24.2 Å². The fourth-order valence-corrected chi connectivity index (χ4v) is 4.89. The summed E-state index contributed by atoms with van der Waals surface area (Å²) in [5.74, 6) is 0.555. The first-order chi connectivity index (χ1) is 15.6. The zero-order valence-corrected chi connectivity index (χ0v) is 18.6. The number of fused-ring (bicyclic) bond motifs is 1. The number of carbonyl (C=O) groups is 1. The van der Waals surface area contributed by atoms with Gasteiger partial charge >= 0.3 is 0 Å². The second-order valence-electron chi connectivity index (χ2n) is 8.01. The lowest BCUT2D eigenvalue weighted by molar-refractivity contribution is -0.131. The second kappa shape index (κ2) is 8.67. The Kier molecular flexibility index (Phi) is 5.57. The molecule has 7 heteroatoms. The average Bonchev–Trinajstić information content (AvgIpc) is 3.38.